The van der Waals surface area contributed by atoms with Gasteiger partial charge < -0.3 is 20.7 Å². The lowest BCUT2D eigenvalue weighted by molar-refractivity contribution is 0.0524. The smallest absolute Gasteiger partial charge is 0.407 e. The van der Waals surface area contributed by atoms with Crippen molar-refractivity contribution >= 4 is 22.6 Å². The molecule has 0 saturated heterocycles. The Bertz CT molecular complexity index is 426. The summed E-state index contributed by atoms with van der Waals surface area (Å²) < 4.78 is 5.14. The Balaban J connectivity index is 2.46. The van der Waals surface area contributed by atoms with E-state index in [1.54, 1.807) is 6.20 Å². The highest BCUT2D eigenvalue weighted by Crippen LogP contribution is 2.24. The third kappa shape index (κ3) is 5.44. The Morgan fingerprint density at radius 1 is 1.58 bits per heavy atom. The van der Waals surface area contributed by atoms with Crippen LogP contribution in [0.5, 0.6) is 0 Å². The lowest BCUT2D eigenvalue weighted by Crippen LogP contribution is -2.36. The zero-order chi connectivity index (χ0) is 14.6. The van der Waals surface area contributed by atoms with Crippen molar-refractivity contribution in [3.05, 3.63) is 11.1 Å². The number of anilines is 1. The molecule has 0 saturated carbocycles. The van der Waals surface area contributed by atoms with Gasteiger partial charge in [-0.3, -0.25) is 0 Å². The van der Waals surface area contributed by atoms with Crippen LogP contribution in [-0.4, -0.2) is 37.3 Å². The average Bonchev–Trinajstić information content (AvgIpc) is 2.72. The van der Waals surface area contributed by atoms with Crippen LogP contribution in [0.15, 0.2) is 6.20 Å². The van der Waals surface area contributed by atoms with Crippen LogP contribution in [0.2, 0.25) is 0 Å². The molecule has 3 N–H and O–H groups in total. The molecule has 0 bridgehead atoms. The van der Waals surface area contributed by atoms with Crippen LogP contribution in [0.4, 0.5) is 9.93 Å². The molecule has 0 aliphatic heterocycles. The Hall–Kier alpha value is -1.34. The van der Waals surface area contributed by atoms with Gasteiger partial charge in [0.25, 0.3) is 0 Å². The van der Waals surface area contributed by atoms with E-state index in [9.17, 15) is 4.79 Å². The predicted molar refractivity (Wildman–Crippen MR) is 77.6 cm³/mol. The summed E-state index contributed by atoms with van der Waals surface area (Å²) in [6, 6.07) is -0.279. The highest BCUT2D eigenvalue weighted by molar-refractivity contribution is 7.15. The number of thiazole rings is 1. The van der Waals surface area contributed by atoms with Gasteiger partial charge in [0.1, 0.15) is 5.60 Å². The van der Waals surface area contributed by atoms with Gasteiger partial charge in [0.2, 0.25) is 0 Å². The monoisotopic (exact) mass is 286 g/mol. The molecule has 0 aromatic carbocycles. The van der Waals surface area contributed by atoms with Crippen LogP contribution < -0.4 is 16.0 Å². The van der Waals surface area contributed by atoms with Crippen molar-refractivity contribution in [1.29, 1.82) is 0 Å². The molecule has 108 valence electrons. The van der Waals surface area contributed by atoms with Gasteiger partial charge in [-0.1, -0.05) is 0 Å². The zero-order valence-electron chi connectivity index (χ0n) is 12.1. The molecule has 1 amide bonds. The second-order valence-electron chi connectivity index (χ2n) is 5.43. The molecule has 0 fully saturated rings. The van der Waals surface area contributed by atoms with Crippen LogP contribution in [0.25, 0.3) is 0 Å². The summed E-state index contributed by atoms with van der Waals surface area (Å²) in [7, 11) is 3.85. The van der Waals surface area contributed by atoms with Crippen LogP contribution in [0.3, 0.4) is 0 Å². The van der Waals surface area contributed by atoms with Crippen LogP contribution >= 0.6 is 11.3 Å². The summed E-state index contributed by atoms with van der Waals surface area (Å²) in [6.45, 7) is 5.78. The number of rotatable bonds is 4. The van der Waals surface area contributed by atoms with E-state index >= 15 is 0 Å². The first kappa shape index (κ1) is 15.7. The first-order valence-corrected chi connectivity index (χ1v) is 6.86. The van der Waals surface area contributed by atoms with E-state index < -0.39 is 11.7 Å². The molecule has 0 aliphatic rings. The van der Waals surface area contributed by atoms with E-state index in [0.29, 0.717) is 6.54 Å². The summed E-state index contributed by atoms with van der Waals surface area (Å²) in [5.41, 5.74) is 5.50. The van der Waals surface area contributed by atoms with Gasteiger partial charge in [-0.15, -0.1) is 11.3 Å². The van der Waals surface area contributed by atoms with E-state index in [4.69, 9.17) is 10.5 Å². The number of alkyl carbamates (subject to hydrolysis) is 1. The molecular formula is C12H22N4O2S. The van der Waals surface area contributed by atoms with Gasteiger partial charge in [-0.2, -0.15) is 0 Å². The summed E-state index contributed by atoms with van der Waals surface area (Å²) in [4.78, 5) is 18.6. The Morgan fingerprint density at radius 3 is 2.68 bits per heavy atom. The van der Waals surface area contributed by atoms with Crippen LogP contribution in [-0.2, 0) is 4.74 Å². The lowest BCUT2D eigenvalue weighted by Gasteiger charge is -2.20. The summed E-state index contributed by atoms with van der Waals surface area (Å²) in [5.74, 6) is 0. The third-order valence-electron chi connectivity index (χ3n) is 2.12. The highest BCUT2D eigenvalue weighted by atomic mass is 32.1. The molecule has 0 radical (unpaired) electrons. The van der Waals surface area contributed by atoms with Crippen molar-refractivity contribution < 1.29 is 9.53 Å². The number of hydrogen-bond donors (Lipinski definition) is 2. The maximum Gasteiger partial charge on any atom is 0.407 e. The molecule has 1 unspecified atom stereocenters. The zero-order valence-corrected chi connectivity index (χ0v) is 12.9. The number of nitrogens with one attached hydrogen (secondary N) is 1. The number of aromatic nitrogens is 1. The van der Waals surface area contributed by atoms with E-state index in [2.05, 4.69) is 10.3 Å². The Morgan fingerprint density at radius 2 is 2.21 bits per heavy atom. The molecule has 1 aromatic rings. The van der Waals surface area contributed by atoms with Gasteiger partial charge in [0.05, 0.1) is 6.04 Å². The summed E-state index contributed by atoms with van der Waals surface area (Å²) in [6.07, 6.45) is 1.28. The predicted octanol–water partition coefficient (Wildman–Crippen LogP) is 1.73. The second-order valence-corrected chi connectivity index (χ2v) is 6.47. The molecule has 0 aliphatic carbocycles. The van der Waals surface area contributed by atoms with Gasteiger partial charge in [-0.05, 0) is 20.8 Å². The first-order valence-electron chi connectivity index (χ1n) is 6.04. The van der Waals surface area contributed by atoms with E-state index in [-0.39, 0.29) is 6.04 Å². The second kappa shape index (κ2) is 6.21. The molecule has 1 atom stereocenters. The lowest BCUT2D eigenvalue weighted by atomic mass is 10.2. The Kier molecular flexibility index (Phi) is 5.13. The van der Waals surface area contributed by atoms with Gasteiger partial charge in [-0.25, -0.2) is 9.78 Å². The number of carbonyl (C=O) groups excluding carboxylic acids is 1. The molecule has 1 rings (SSSR count). The highest BCUT2D eigenvalue weighted by Gasteiger charge is 2.17. The van der Waals surface area contributed by atoms with Crippen LogP contribution in [0.1, 0.15) is 31.7 Å². The van der Waals surface area contributed by atoms with Gasteiger partial charge >= 0.3 is 6.09 Å². The van der Waals surface area contributed by atoms with Crippen molar-refractivity contribution in [2.24, 2.45) is 5.73 Å². The maximum absolute atomic E-state index is 11.5. The SMILES string of the molecule is CN(C)c1ncc(C(N)CNC(=O)OC(C)(C)C)s1. The largest absolute Gasteiger partial charge is 0.444 e. The third-order valence-corrected chi connectivity index (χ3v) is 3.42. The molecular weight excluding hydrogens is 264 g/mol. The normalized spacial score (nSPS) is 12.9. The fraction of sp³-hybridized carbons (Fsp3) is 0.667. The van der Waals surface area contributed by atoms with E-state index in [1.165, 1.54) is 11.3 Å². The minimum absolute atomic E-state index is 0.279. The number of amides is 1. The van der Waals surface area contributed by atoms with E-state index in [0.717, 1.165) is 10.0 Å². The minimum atomic E-state index is -0.503. The average molecular weight is 286 g/mol. The molecule has 1 aromatic heterocycles. The van der Waals surface area contributed by atoms with E-state index in [1.807, 2.05) is 39.8 Å². The van der Waals surface area contributed by atoms with Crippen molar-refractivity contribution in [3.63, 3.8) is 0 Å². The number of nitrogens with two attached hydrogens (primary N) is 1. The summed E-state index contributed by atoms with van der Waals surface area (Å²) in [5, 5.41) is 3.55. The standard InChI is InChI=1S/C12H22N4O2S/c1-12(2,3)18-11(17)15-6-8(13)9-7-14-10(19-9)16(4)5/h7-8H,6,13H2,1-5H3,(H,15,17). The molecule has 19 heavy (non-hydrogen) atoms. The molecule has 1 heterocycles. The fourth-order valence-electron chi connectivity index (χ4n) is 1.26. The van der Waals surface area contributed by atoms with Gasteiger partial charge in [0, 0.05) is 31.7 Å². The number of carbonyl (C=O) groups is 1. The Labute approximate surface area is 118 Å². The van der Waals surface area contributed by atoms with Crippen molar-refractivity contribution in [2.45, 2.75) is 32.4 Å². The maximum atomic E-state index is 11.5. The molecule has 6 nitrogen and oxygen atoms in total. The molecule has 0 spiro atoms. The number of hydrogen-bond acceptors (Lipinski definition) is 6. The van der Waals surface area contributed by atoms with Crippen molar-refractivity contribution in [2.75, 3.05) is 25.5 Å². The minimum Gasteiger partial charge on any atom is -0.444 e. The van der Waals surface area contributed by atoms with Gasteiger partial charge in [0.15, 0.2) is 5.13 Å². The summed E-state index contributed by atoms with van der Waals surface area (Å²) >= 11 is 1.51. The first-order chi connectivity index (χ1) is 8.69. The quantitative estimate of drug-likeness (QED) is 0.881. The van der Waals surface area contributed by atoms with Crippen molar-refractivity contribution in [3.8, 4) is 0 Å². The topological polar surface area (TPSA) is 80.5 Å². The number of ether oxygens (including phenoxy) is 1. The number of nitrogens with zero attached hydrogens (tertiary/aromatic N) is 2. The van der Waals surface area contributed by atoms with Crippen LogP contribution in [0, 0.1) is 0 Å². The molecule has 7 heteroatoms. The van der Waals surface area contributed by atoms with Crippen molar-refractivity contribution in [1.82, 2.24) is 10.3 Å². The fourth-order valence-corrected chi connectivity index (χ4v) is 2.10.